The molecule has 0 aliphatic heterocycles. The van der Waals surface area contributed by atoms with Crippen molar-refractivity contribution in [2.24, 2.45) is 0 Å². The van der Waals surface area contributed by atoms with Gasteiger partial charge in [-0.3, -0.25) is 0 Å². The molecule has 2 amide bonds. The van der Waals surface area contributed by atoms with Gasteiger partial charge in [-0.1, -0.05) is 22.7 Å². The number of halogens is 1. The molecule has 0 bridgehead atoms. The maximum atomic E-state index is 12.3. The number of hydrogen-bond donors (Lipinski definition) is 0. The summed E-state index contributed by atoms with van der Waals surface area (Å²) in [6.45, 7) is 1.18. The maximum Gasteiger partial charge on any atom is 0.378 e. The third kappa shape index (κ3) is 3.22. The van der Waals surface area contributed by atoms with E-state index in [1.165, 1.54) is 13.1 Å². The molecule has 0 radical (unpaired) electrons. The van der Waals surface area contributed by atoms with Crippen LogP contribution in [0.15, 0.2) is 36.5 Å². The molecule has 0 saturated heterocycles. The van der Waals surface area contributed by atoms with Crippen molar-refractivity contribution in [2.45, 2.75) is 6.92 Å². The molecule has 0 saturated carbocycles. The van der Waals surface area contributed by atoms with Gasteiger partial charge in [0.1, 0.15) is 0 Å². The van der Waals surface area contributed by atoms with E-state index in [0.717, 1.165) is 21.0 Å². The summed E-state index contributed by atoms with van der Waals surface area (Å²) in [5.74, 6) is -0.662. The van der Waals surface area contributed by atoms with E-state index in [4.69, 9.17) is 16.6 Å². The van der Waals surface area contributed by atoms with Crippen molar-refractivity contribution in [3.8, 4) is 0 Å². The van der Waals surface area contributed by atoms with Crippen LogP contribution < -0.4 is 9.48 Å². The van der Waals surface area contributed by atoms with Crippen LogP contribution in [0.25, 0.3) is 0 Å². The number of carbonyl (C=O) groups excluding carboxylic acids is 2. The lowest BCUT2D eigenvalue weighted by atomic mass is 10.3. The molecule has 0 spiro atoms. The van der Waals surface area contributed by atoms with E-state index in [1.54, 1.807) is 30.3 Å². The van der Waals surface area contributed by atoms with Crippen molar-refractivity contribution in [1.29, 1.82) is 0 Å². The van der Waals surface area contributed by atoms with E-state index < -0.39 is 12.0 Å². The highest BCUT2D eigenvalue weighted by atomic mass is 35.5. The standard InChI is InChI=1S/C11H9ClN4O3S/c1-8(17)19-16(10-7-13-14-20-10)11(18)15(12)9-5-3-2-4-6-9/h2-7H,1H3. The third-order valence-electron chi connectivity index (χ3n) is 2.09. The normalized spacial score (nSPS) is 9.90. The molecule has 20 heavy (non-hydrogen) atoms. The van der Waals surface area contributed by atoms with Gasteiger partial charge in [0.15, 0.2) is 5.00 Å². The number of nitrogens with zero attached hydrogens (tertiary/aromatic N) is 4. The number of carbonyl (C=O) groups is 2. The van der Waals surface area contributed by atoms with Gasteiger partial charge < -0.3 is 4.84 Å². The fraction of sp³-hybridized carbons (Fsp3) is 0.0909. The second-order valence-corrected chi connectivity index (χ2v) is 4.63. The zero-order valence-electron chi connectivity index (χ0n) is 10.3. The molecule has 9 heteroatoms. The summed E-state index contributed by atoms with van der Waals surface area (Å²) in [5, 5.41) is 4.57. The van der Waals surface area contributed by atoms with Gasteiger partial charge in [0.2, 0.25) is 0 Å². The number of hydroxylamine groups is 1. The summed E-state index contributed by atoms with van der Waals surface area (Å²) in [6, 6.07) is 7.77. The van der Waals surface area contributed by atoms with Gasteiger partial charge in [-0.25, -0.2) is 14.0 Å². The summed E-state index contributed by atoms with van der Waals surface area (Å²) >= 11 is 6.86. The highest BCUT2D eigenvalue weighted by Gasteiger charge is 2.27. The average molecular weight is 313 g/mol. The fourth-order valence-electron chi connectivity index (χ4n) is 1.31. The third-order valence-corrected chi connectivity index (χ3v) is 3.07. The first-order valence-electron chi connectivity index (χ1n) is 5.40. The lowest BCUT2D eigenvalue weighted by Gasteiger charge is -2.22. The van der Waals surface area contributed by atoms with Gasteiger partial charge in [0.05, 0.1) is 11.9 Å². The van der Waals surface area contributed by atoms with Crippen molar-refractivity contribution in [2.75, 3.05) is 9.48 Å². The number of para-hydroxylation sites is 1. The summed E-state index contributed by atoms with van der Waals surface area (Å²) in [5.41, 5.74) is 0.439. The van der Waals surface area contributed by atoms with Gasteiger partial charge >= 0.3 is 12.0 Å². The Hall–Kier alpha value is -2.19. The molecule has 0 aliphatic rings. The molecular formula is C11H9ClN4O3S. The first-order valence-corrected chi connectivity index (χ1v) is 6.51. The molecule has 1 aromatic carbocycles. The SMILES string of the molecule is CC(=O)ON(C(=O)N(Cl)c1ccccc1)c1cnns1. The number of urea groups is 1. The largest absolute Gasteiger partial charge is 0.378 e. The molecule has 7 nitrogen and oxygen atoms in total. The van der Waals surface area contributed by atoms with Crippen molar-refractivity contribution < 1.29 is 14.4 Å². The molecule has 0 unspecified atom stereocenters. The lowest BCUT2D eigenvalue weighted by molar-refractivity contribution is -0.141. The Labute approximate surface area is 123 Å². The van der Waals surface area contributed by atoms with Crippen LogP contribution in [-0.2, 0) is 9.63 Å². The molecule has 0 fully saturated rings. The maximum absolute atomic E-state index is 12.3. The molecule has 2 rings (SSSR count). The summed E-state index contributed by atoms with van der Waals surface area (Å²) in [7, 11) is 0. The Morgan fingerprint density at radius 1 is 1.30 bits per heavy atom. The van der Waals surface area contributed by atoms with Gasteiger partial charge in [-0.15, -0.1) is 10.2 Å². The van der Waals surface area contributed by atoms with Gasteiger partial charge in [0, 0.05) is 30.2 Å². The highest BCUT2D eigenvalue weighted by Crippen LogP contribution is 2.24. The minimum absolute atomic E-state index is 0.242. The van der Waals surface area contributed by atoms with Crippen LogP contribution in [-0.4, -0.2) is 21.6 Å². The van der Waals surface area contributed by atoms with Gasteiger partial charge in [-0.2, -0.15) is 0 Å². The number of aromatic nitrogens is 2. The van der Waals surface area contributed by atoms with Crippen LogP contribution in [0.5, 0.6) is 0 Å². The lowest BCUT2D eigenvalue weighted by Crippen LogP contribution is -2.39. The summed E-state index contributed by atoms with van der Waals surface area (Å²) in [4.78, 5) is 28.2. The van der Waals surface area contributed by atoms with Crippen LogP contribution in [0.4, 0.5) is 15.5 Å². The zero-order chi connectivity index (χ0) is 14.5. The molecular weight excluding hydrogens is 304 g/mol. The quantitative estimate of drug-likeness (QED) is 0.629. The second kappa shape index (κ2) is 6.31. The van der Waals surface area contributed by atoms with Crippen LogP contribution in [0.3, 0.4) is 0 Å². The van der Waals surface area contributed by atoms with E-state index >= 15 is 0 Å². The summed E-state index contributed by atoms with van der Waals surface area (Å²) in [6.07, 6.45) is 1.29. The Morgan fingerprint density at radius 2 is 2.00 bits per heavy atom. The molecule has 0 N–H and O–H groups in total. The van der Waals surface area contributed by atoms with Gasteiger partial charge in [0.25, 0.3) is 0 Å². The number of rotatable bonds is 2. The number of anilines is 2. The smallest absolute Gasteiger partial charge is 0.331 e. The van der Waals surface area contributed by atoms with E-state index in [9.17, 15) is 9.59 Å². The Balaban J connectivity index is 2.25. The molecule has 2 aromatic rings. The molecule has 1 aromatic heterocycles. The van der Waals surface area contributed by atoms with E-state index in [0.29, 0.717) is 5.69 Å². The minimum atomic E-state index is -0.751. The Morgan fingerprint density at radius 3 is 2.55 bits per heavy atom. The number of amides is 2. The summed E-state index contributed by atoms with van der Waals surface area (Å²) < 4.78 is 4.45. The monoisotopic (exact) mass is 312 g/mol. The topological polar surface area (TPSA) is 75.6 Å². The zero-order valence-corrected chi connectivity index (χ0v) is 11.8. The van der Waals surface area contributed by atoms with Crippen LogP contribution in [0, 0.1) is 0 Å². The Bertz CT molecular complexity index is 593. The molecule has 1 heterocycles. The molecule has 104 valence electrons. The highest BCUT2D eigenvalue weighted by molar-refractivity contribution is 7.10. The molecule has 0 aliphatic carbocycles. The first kappa shape index (κ1) is 14.2. The van der Waals surface area contributed by atoms with Crippen molar-refractivity contribution >= 4 is 46.0 Å². The predicted molar refractivity (Wildman–Crippen MR) is 74.3 cm³/mol. The fourth-order valence-corrected chi connectivity index (χ4v) is 1.95. The van der Waals surface area contributed by atoms with Crippen molar-refractivity contribution in [3.63, 3.8) is 0 Å². The number of hydrogen-bond acceptors (Lipinski definition) is 6. The van der Waals surface area contributed by atoms with Gasteiger partial charge in [-0.05, 0) is 12.1 Å². The Kier molecular flexibility index (Phi) is 4.49. The second-order valence-electron chi connectivity index (χ2n) is 3.53. The van der Waals surface area contributed by atoms with Crippen molar-refractivity contribution in [3.05, 3.63) is 36.5 Å². The predicted octanol–water partition coefficient (Wildman–Crippen LogP) is 2.60. The van der Waals surface area contributed by atoms with E-state index in [-0.39, 0.29) is 5.00 Å². The van der Waals surface area contributed by atoms with Crippen LogP contribution >= 0.6 is 23.3 Å². The minimum Gasteiger partial charge on any atom is -0.331 e. The van der Waals surface area contributed by atoms with E-state index in [2.05, 4.69) is 9.59 Å². The number of benzene rings is 1. The first-order chi connectivity index (χ1) is 9.59. The van der Waals surface area contributed by atoms with Crippen LogP contribution in [0.2, 0.25) is 0 Å². The van der Waals surface area contributed by atoms with Crippen molar-refractivity contribution in [1.82, 2.24) is 9.59 Å². The van der Waals surface area contributed by atoms with E-state index in [1.807, 2.05) is 0 Å². The van der Waals surface area contributed by atoms with Crippen LogP contribution in [0.1, 0.15) is 6.92 Å². The average Bonchev–Trinajstić information content (AvgIpc) is 2.98. The molecule has 0 atom stereocenters.